The largest absolute Gasteiger partial charge is 0.488 e. The lowest BCUT2D eigenvalue weighted by atomic mass is 10.1. The summed E-state index contributed by atoms with van der Waals surface area (Å²) in [5.41, 5.74) is 1.42. The van der Waals surface area contributed by atoms with Gasteiger partial charge >= 0.3 is 0 Å². The average molecular weight is 388 g/mol. The number of hydrogen-bond donors (Lipinski definition) is 1. The SMILES string of the molecule is CC(CCC1CCCO1)NC(=O)c1ccccc1OCc1ccccc1Cl. The lowest BCUT2D eigenvalue weighted by Crippen LogP contribution is -2.33. The Morgan fingerprint density at radius 2 is 2.04 bits per heavy atom. The number of hydrogen-bond acceptors (Lipinski definition) is 3. The van der Waals surface area contributed by atoms with Crippen LogP contribution in [-0.2, 0) is 11.3 Å². The van der Waals surface area contributed by atoms with Crippen molar-refractivity contribution in [2.75, 3.05) is 6.61 Å². The highest BCUT2D eigenvalue weighted by atomic mass is 35.5. The molecular weight excluding hydrogens is 362 g/mol. The van der Waals surface area contributed by atoms with Gasteiger partial charge < -0.3 is 14.8 Å². The molecule has 1 heterocycles. The topological polar surface area (TPSA) is 47.6 Å². The fraction of sp³-hybridized carbons (Fsp3) is 0.409. The maximum atomic E-state index is 12.7. The first kappa shape index (κ1) is 19.7. The summed E-state index contributed by atoms with van der Waals surface area (Å²) in [5.74, 6) is 0.436. The van der Waals surface area contributed by atoms with E-state index >= 15 is 0 Å². The van der Waals surface area contributed by atoms with Gasteiger partial charge in [-0.3, -0.25) is 4.79 Å². The first-order valence-corrected chi connectivity index (χ1v) is 9.89. The predicted molar refractivity (Wildman–Crippen MR) is 107 cm³/mol. The molecule has 2 atom stereocenters. The van der Waals surface area contributed by atoms with Crippen LogP contribution in [0.1, 0.15) is 48.5 Å². The highest BCUT2D eigenvalue weighted by Crippen LogP contribution is 2.23. The van der Waals surface area contributed by atoms with Crippen LogP contribution >= 0.6 is 11.6 Å². The van der Waals surface area contributed by atoms with Gasteiger partial charge in [-0.1, -0.05) is 41.9 Å². The number of carbonyl (C=O) groups excluding carboxylic acids is 1. The number of carbonyl (C=O) groups is 1. The van der Waals surface area contributed by atoms with Gasteiger partial charge in [0, 0.05) is 23.2 Å². The van der Waals surface area contributed by atoms with Gasteiger partial charge in [0.1, 0.15) is 12.4 Å². The fourth-order valence-electron chi connectivity index (χ4n) is 3.23. The molecule has 0 aliphatic carbocycles. The van der Waals surface area contributed by atoms with E-state index in [1.54, 1.807) is 6.07 Å². The predicted octanol–water partition coefficient (Wildman–Crippen LogP) is 5.00. The van der Waals surface area contributed by atoms with Crippen LogP contribution in [-0.4, -0.2) is 24.7 Å². The lowest BCUT2D eigenvalue weighted by Gasteiger charge is -2.18. The van der Waals surface area contributed by atoms with Crippen molar-refractivity contribution in [1.82, 2.24) is 5.32 Å². The molecule has 2 aromatic carbocycles. The molecule has 4 nitrogen and oxygen atoms in total. The van der Waals surface area contributed by atoms with Crippen molar-refractivity contribution >= 4 is 17.5 Å². The molecular formula is C22H26ClNO3. The Bertz CT molecular complexity index is 759. The standard InChI is InChI=1S/C22H26ClNO3/c1-16(12-13-18-8-6-14-26-18)24-22(25)19-9-3-5-11-21(19)27-15-17-7-2-4-10-20(17)23/h2-5,7,9-11,16,18H,6,8,12-15H2,1H3,(H,24,25). The molecule has 2 unspecified atom stereocenters. The molecule has 1 aliphatic rings. The molecule has 1 amide bonds. The maximum Gasteiger partial charge on any atom is 0.255 e. The number of para-hydroxylation sites is 1. The summed E-state index contributed by atoms with van der Waals surface area (Å²) in [6, 6.07) is 14.9. The molecule has 1 N–H and O–H groups in total. The van der Waals surface area contributed by atoms with E-state index in [2.05, 4.69) is 5.32 Å². The lowest BCUT2D eigenvalue weighted by molar-refractivity contribution is 0.0896. The van der Waals surface area contributed by atoms with Crippen LogP contribution in [0.5, 0.6) is 5.75 Å². The Morgan fingerprint density at radius 1 is 1.26 bits per heavy atom. The van der Waals surface area contributed by atoms with Gasteiger partial charge in [0.25, 0.3) is 5.91 Å². The van der Waals surface area contributed by atoms with Gasteiger partial charge in [-0.05, 0) is 50.8 Å². The van der Waals surface area contributed by atoms with E-state index in [1.807, 2.05) is 49.4 Å². The molecule has 0 spiro atoms. The zero-order valence-corrected chi connectivity index (χ0v) is 16.4. The monoisotopic (exact) mass is 387 g/mol. The van der Waals surface area contributed by atoms with E-state index in [0.717, 1.165) is 37.9 Å². The fourth-order valence-corrected chi connectivity index (χ4v) is 3.42. The summed E-state index contributed by atoms with van der Waals surface area (Å²) in [6.07, 6.45) is 4.49. The Balaban J connectivity index is 1.57. The smallest absolute Gasteiger partial charge is 0.255 e. The third kappa shape index (κ3) is 5.72. The van der Waals surface area contributed by atoms with E-state index < -0.39 is 0 Å². The third-order valence-electron chi connectivity index (χ3n) is 4.80. The van der Waals surface area contributed by atoms with Gasteiger partial charge in [-0.15, -0.1) is 0 Å². The van der Waals surface area contributed by atoms with Crippen LogP contribution in [0.15, 0.2) is 48.5 Å². The highest BCUT2D eigenvalue weighted by Gasteiger charge is 2.19. The van der Waals surface area contributed by atoms with E-state index in [9.17, 15) is 4.79 Å². The Kier molecular flexibility index (Phi) is 7.13. The van der Waals surface area contributed by atoms with Crippen molar-refractivity contribution in [1.29, 1.82) is 0 Å². The van der Waals surface area contributed by atoms with Crippen LogP contribution in [0.3, 0.4) is 0 Å². The Hall–Kier alpha value is -2.04. The van der Waals surface area contributed by atoms with Crippen molar-refractivity contribution in [3.05, 3.63) is 64.7 Å². The zero-order valence-electron chi connectivity index (χ0n) is 15.6. The molecule has 1 fully saturated rings. The molecule has 27 heavy (non-hydrogen) atoms. The van der Waals surface area contributed by atoms with Gasteiger partial charge in [0.15, 0.2) is 0 Å². The second-order valence-electron chi connectivity index (χ2n) is 6.96. The number of nitrogens with one attached hydrogen (secondary N) is 1. The van der Waals surface area contributed by atoms with Crippen molar-refractivity contribution in [2.45, 2.75) is 51.4 Å². The molecule has 0 saturated carbocycles. The number of amides is 1. The van der Waals surface area contributed by atoms with Gasteiger partial charge in [-0.2, -0.15) is 0 Å². The van der Waals surface area contributed by atoms with Gasteiger partial charge in [0.05, 0.1) is 11.7 Å². The average Bonchev–Trinajstić information content (AvgIpc) is 3.19. The molecule has 3 rings (SSSR count). The minimum atomic E-state index is -0.121. The van der Waals surface area contributed by atoms with Crippen molar-refractivity contribution in [2.24, 2.45) is 0 Å². The van der Waals surface area contributed by atoms with Gasteiger partial charge in [0.2, 0.25) is 0 Å². The molecule has 2 aromatic rings. The summed E-state index contributed by atoms with van der Waals surface area (Å²) in [7, 11) is 0. The number of ether oxygens (including phenoxy) is 2. The minimum absolute atomic E-state index is 0.0818. The molecule has 5 heteroatoms. The van der Waals surface area contributed by atoms with E-state index in [1.165, 1.54) is 0 Å². The van der Waals surface area contributed by atoms with E-state index in [-0.39, 0.29) is 11.9 Å². The van der Waals surface area contributed by atoms with Crippen LogP contribution in [0.4, 0.5) is 0 Å². The summed E-state index contributed by atoms with van der Waals surface area (Å²) in [4.78, 5) is 12.7. The quantitative estimate of drug-likeness (QED) is 0.693. The van der Waals surface area contributed by atoms with Crippen LogP contribution in [0.2, 0.25) is 5.02 Å². The Morgan fingerprint density at radius 3 is 2.81 bits per heavy atom. The molecule has 144 valence electrons. The van der Waals surface area contributed by atoms with Crippen molar-refractivity contribution < 1.29 is 14.3 Å². The van der Waals surface area contributed by atoms with Crippen molar-refractivity contribution in [3.63, 3.8) is 0 Å². The zero-order chi connectivity index (χ0) is 19.1. The van der Waals surface area contributed by atoms with Crippen LogP contribution < -0.4 is 10.1 Å². The van der Waals surface area contributed by atoms with Crippen LogP contribution in [0, 0.1) is 0 Å². The molecule has 0 aromatic heterocycles. The molecule has 0 bridgehead atoms. The number of rotatable bonds is 8. The molecule has 1 aliphatic heterocycles. The minimum Gasteiger partial charge on any atom is -0.488 e. The van der Waals surface area contributed by atoms with Crippen LogP contribution in [0.25, 0.3) is 0 Å². The molecule has 0 radical (unpaired) electrons. The summed E-state index contributed by atoms with van der Waals surface area (Å²) >= 11 is 6.18. The van der Waals surface area contributed by atoms with E-state index in [4.69, 9.17) is 21.1 Å². The third-order valence-corrected chi connectivity index (χ3v) is 5.16. The number of benzene rings is 2. The summed E-state index contributed by atoms with van der Waals surface area (Å²) in [5, 5.41) is 3.72. The Labute approximate surface area is 165 Å². The summed E-state index contributed by atoms with van der Waals surface area (Å²) in [6.45, 7) is 3.21. The molecule has 1 saturated heterocycles. The summed E-state index contributed by atoms with van der Waals surface area (Å²) < 4.78 is 11.5. The van der Waals surface area contributed by atoms with Gasteiger partial charge in [-0.25, -0.2) is 0 Å². The van der Waals surface area contributed by atoms with Crippen molar-refractivity contribution in [3.8, 4) is 5.75 Å². The van der Waals surface area contributed by atoms with E-state index in [0.29, 0.717) is 29.0 Å². The number of halogens is 1. The first-order chi connectivity index (χ1) is 13.1. The first-order valence-electron chi connectivity index (χ1n) is 9.51. The second kappa shape index (κ2) is 9.77. The maximum absolute atomic E-state index is 12.7. The highest BCUT2D eigenvalue weighted by molar-refractivity contribution is 6.31. The normalized spacial score (nSPS) is 17.5. The second-order valence-corrected chi connectivity index (χ2v) is 7.37.